The van der Waals surface area contributed by atoms with Crippen LogP contribution in [0.3, 0.4) is 0 Å². The van der Waals surface area contributed by atoms with E-state index in [0.717, 1.165) is 22.1 Å². The van der Waals surface area contributed by atoms with E-state index in [2.05, 4.69) is 191 Å². The van der Waals surface area contributed by atoms with E-state index < -0.39 is 34.5 Å². The van der Waals surface area contributed by atoms with Crippen molar-refractivity contribution in [1.29, 1.82) is 0 Å². The standard InChI is InChI=1S/C49H44N4O4P2/c1-49(2)54-47(56-58-50(3)39-27-23-31-15-7-11-19-35(31)43(39)44-36-20-12-8-16-32(36)24-28-40(44)51(58)4)48(55-49)57-59-52(5)41-29-25-33-17-9-13-21-37(33)45(41)46-38-22-14-10-18-34(38)26-30-42(46)53(59)6/h7-30,47-48H,1-6H3/t47-,48+. The predicted molar refractivity (Wildman–Crippen MR) is 246 cm³/mol. The van der Waals surface area contributed by atoms with Gasteiger partial charge in [0.05, 0.1) is 22.1 Å². The van der Waals surface area contributed by atoms with E-state index >= 15 is 0 Å². The van der Waals surface area contributed by atoms with E-state index in [9.17, 15) is 0 Å². The Morgan fingerprint density at radius 1 is 0.390 bits per heavy atom. The van der Waals surface area contributed by atoms with Gasteiger partial charge in [-0.1, -0.05) is 121 Å². The molecule has 3 heterocycles. The molecule has 0 unspecified atom stereocenters. The van der Waals surface area contributed by atoms with Crippen LogP contribution in [0.1, 0.15) is 13.8 Å². The molecule has 294 valence electrons. The number of aromatic nitrogens is 4. The molecule has 2 atom stereocenters. The molecule has 8 nitrogen and oxygen atoms in total. The molecule has 0 radical (unpaired) electrons. The number of fused-ring (bicyclic) bond motifs is 14. The van der Waals surface area contributed by atoms with E-state index in [1.807, 2.05) is 13.8 Å². The van der Waals surface area contributed by atoms with Gasteiger partial charge in [0.1, 0.15) is 0 Å². The Kier molecular flexibility index (Phi) is 8.51. The summed E-state index contributed by atoms with van der Waals surface area (Å²) in [5, 5.41) is 14.3. The van der Waals surface area contributed by atoms with Crippen molar-refractivity contribution in [3.05, 3.63) is 146 Å². The van der Waals surface area contributed by atoms with Crippen LogP contribution in [0.15, 0.2) is 146 Å². The Morgan fingerprint density at radius 3 is 0.915 bits per heavy atom. The molecule has 0 aliphatic carbocycles. The van der Waals surface area contributed by atoms with Gasteiger partial charge >= 0.3 is 0 Å². The third kappa shape index (κ3) is 5.74. The van der Waals surface area contributed by atoms with Gasteiger partial charge in [-0.05, 0) is 81.2 Å². The Labute approximate surface area is 343 Å². The summed E-state index contributed by atoms with van der Waals surface area (Å²) in [6.07, 6.45) is -1.68. The molecule has 1 saturated heterocycles. The zero-order valence-corrected chi connectivity index (χ0v) is 35.6. The van der Waals surface area contributed by atoms with Gasteiger partial charge in [0, 0.05) is 49.7 Å². The van der Waals surface area contributed by atoms with Crippen LogP contribution < -0.4 is 9.05 Å². The van der Waals surface area contributed by atoms with Crippen molar-refractivity contribution in [3.8, 4) is 0 Å². The number of aryl methyl sites for hydroxylation is 4. The summed E-state index contributed by atoms with van der Waals surface area (Å²) >= 11 is 0. The van der Waals surface area contributed by atoms with Gasteiger partial charge in [0.15, 0.2) is 21.9 Å². The highest BCUT2D eigenvalue weighted by atomic mass is 31.1. The monoisotopic (exact) mass is 814 g/mol. The Morgan fingerprint density at radius 2 is 0.644 bits per heavy atom. The third-order valence-corrected chi connectivity index (χ3v) is 15.7. The third-order valence-electron chi connectivity index (χ3n) is 12.0. The molecular weight excluding hydrogens is 771 g/mol. The van der Waals surface area contributed by atoms with Crippen molar-refractivity contribution >= 4 is 103 Å². The quantitative estimate of drug-likeness (QED) is 0.178. The summed E-state index contributed by atoms with van der Waals surface area (Å²) in [6.45, 7) is 3.86. The van der Waals surface area contributed by atoms with Crippen molar-refractivity contribution in [2.45, 2.75) is 32.2 Å². The average Bonchev–Trinajstić information content (AvgIpc) is 3.47. The van der Waals surface area contributed by atoms with E-state index in [-0.39, 0.29) is 0 Å². The maximum Gasteiger partial charge on any atom is 0.224 e. The van der Waals surface area contributed by atoms with Crippen molar-refractivity contribution in [2.24, 2.45) is 28.2 Å². The molecule has 0 N–H and O–H groups in total. The molecule has 8 aromatic carbocycles. The topological polar surface area (TPSA) is 56.6 Å². The van der Waals surface area contributed by atoms with E-state index in [1.165, 1.54) is 64.6 Å². The van der Waals surface area contributed by atoms with Gasteiger partial charge in [-0.15, -0.1) is 0 Å². The van der Waals surface area contributed by atoms with E-state index in [1.54, 1.807) is 0 Å². The van der Waals surface area contributed by atoms with Gasteiger partial charge in [-0.25, -0.2) is 0 Å². The summed E-state index contributed by atoms with van der Waals surface area (Å²) in [4.78, 5) is 0. The highest BCUT2D eigenvalue weighted by Gasteiger charge is 2.45. The van der Waals surface area contributed by atoms with Gasteiger partial charge in [-0.3, -0.25) is 26.4 Å². The fourth-order valence-electron chi connectivity index (χ4n) is 9.25. The first-order chi connectivity index (χ1) is 28.7. The summed E-state index contributed by atoms with van der Waals surface area (Å²) < 4.78 is 37.0. The molecule has 10 aromatic rings. The molecule has 0 amide bonds. The highest BCUT2D eigenvalue weighted by molar-refractivity contribution is 7.38. The Balaban J connectivity index is 1.13. The zero-order chi connectivity index (χ0) is 40.2. The first-order valence-electron chi connectivity index (χ1n) is 20.0. The molecular formula is C49H44N4O4P2. The SMILES string of the molecule is Cn1c2ccc3ccccc3c2c2c3ccccc3ccc2n(C)p1O[C@@H]1OC(C)(C)O[C@@H]1Op1n(C)c2ccc3ccccc3c2c2c3ccccc3ccc2n1C. The largest absolute Gasteiger partial charge is 0.315 e. The Bertz CT molecular complexity index is 3030. The summed E-state index contributed by atoms with van der Waals surface area (Å²) in [6, 6.07) is 52.3. The highest BCUT2D eigenvalue weighted by Crippen LogP contribution is 2.44. The van der Waals surface area contributed by atoms with Crippen LogP contribution in [-0.4, -0.2) is 35.7 Å². The number of ether oxygens (including phenoxy) is 2. The van der Waals surface area contributed by atoms with Gasteiger partial charge < -0.3 is 9.47 Å². The maximum atomic E-state index is 7.26. The van der Waals surface area contributed by atoms with E-state index in [4.69, 9.17) is 18.5 Å². The molecule has 0 spiro atoms. The molecule has 1 aliphatic heterocycles. The van der Waals surface area contributed by atoms with Crippen LogP contribution in [0.4, 0.5) is 0 Å². The molecule has 59 heavy (non-hydrogen) atoms. The number of hydrogen-bond donors (Lipinski definition) is 0. The number of nitrogens with zero attached hydrogens (tertiary/aromatic N) is 4. The second-order valence-electron chi connectivity index (χ2n) is 15.9. The minimum absolute atomic E-state index is 0.841. The van der Waals surface area contributed by atoms with Gasteiger partial charge in [0.2, 0.25) is 12.6 Å². The van der Waals surface area contributed by atoms with Gasteiger partial charge in [0.25, 0.3) is 0 Å². The lowest BCUT2D eigenvalue weighted by molar-refractivity contribution is -0.169. The predicted octanol–water partition coefficient (Wildman–Crippen LogP) is 12.5. The minimum Gasteiger partial charge on any atom is -0.315 e. The van der Waals surface area contributed by atoms with E-state index in [0.29, 0.717) is 0 Å². The Hall–Kier alpha value is -5.56. The molecule has 1 fully saturated rings. The lowest BCUT2D eigenvalue weighted by atomic mass is 9.98. The first-order valence-corrected chi connectivity index (χ1v) is 22.3. The van der Waals surface area contributed by atoms with Crippen LogP contribution in [0, 0.1) is 0 Å². The smallest absolute Gasteiger partial charge is 0.224 e. The van der Waals surface area contributed by atoms with Crippen LogP contribution >= 0.6 is 16.2 Å². The second kappa shape index (κ2) is 13.8. The molecule has 0 saturated carbocycles. The van der Waals surface area contributed by atoms with Crippen molar-refractivity contribution < 1.29 is 18.5 Å². The number of rotatable bonds is 4. The fraction of sp³-hybridized carbons (Fsp3) is 0.184. The summed E-state index contributed by atoms with van der Waals surface area (Å²) in [5.41, 5.74) is 4.36. The zero-order valence-electron chi connectivity index (χ0n) is 33.8. The molecule has 10 heteroatoms. The average molecular weight is 815 g/mol. The van der Waals surface area contributed by atoms with Crippen molar-refractivity contribution in [3.63, 3.8) is 0 Å². The minimum atomic E-state index is -1.50. The van der Waals surface area contributed by atoms with Crippen molar-refractivity contribution in [2.75, 3.05) is 0 Å². The lowest BCUT2D eigenvalue weighted by Gasteiger charge is -2.22. The normalized spacial score (nSPS) is 16.8. The van der Waals surface area contributed by atoms with Crippen LogP contribution in [0.2, 0.25) is 0 Å². The number of hydrogen-bond acceptors (Lipinski definition) is 4. The number of benzene rings is 8. The van der Waals surface area contributed by atoms with Gasteiger partial charge in [-0.2, -0.15) is 0 Å². The van der Waals surface area contributed by atoms with Crippen LogP contribution in [0.25, 0.3) is 86.7 Å². The summed E-state index contributed by atoms with van der Waals surface area (Å²) in [7, 11) is 5.51. The molecule has 1 aliphatic rings. The summed E-state index contributed by atoms with van der Waals surface area (Å²) in [5.74, 6) is -0.962. The fourth-order valence-corrected chi connectivity index (χ4v) is 12.7. The molecule has 2 aromatic heterocycles. The first kappa shape index (κ1) is 36.5. The van der Waals surface area contributed by atoms with Crippen LogP contribution in [-0.2, 0) is 37.7 Å². The lowest BCUT2D eigenvalue weighted by Crippen LogP contribution is -2.34. The van der Waals surface area contributed by atoms with Crippen molar-refractivity contribution in [1.82, 2.24) is 17.3 Å². The second-order valence-corrected chi connectivity index (χ2v) is 19.7. The maximum absolute atomic E-state index is 7.26. The molecule has 0 bridgehead atoms. The molecule has 11 rings (SSSR count). The van der Waals surface area contributed by atoms with Crippen LogP contribution in [0.5, 0.6) is 0 Å².